The number of H-pyrrole nitrogens is 1. The number of carboxylic acid groups (broad SMARTS) is 1. The molecule has 3 N–H and O–H groups in total. The van der Waals surface area contributed by atoms with Crippen molar-refractivity contribution in [3.8, 4) is 11.5 Å². The van der Waals surface area contributed by atoms with Crippen LogP contribution in [0.5, 0.6) is 11.5 Å². The van der Waals surface area contributed by atoms with Gasteiger partial charge >= 0.3 is 6.09 Å². The molecule has 3 heterocycles. The summed E-state index contributed by atoms with van der Waals surface area (Å²) in [6, 6.07) is 10.5. The summed E-state index contributed by atoms with van der Waals surface area (Å²) in [4.78, 5) is 33.2. The number of hydrogen-bond donors (Lipinski definition) is 3. The number of aromatic nitrogens is 2. The Morgan fingerprint density at radius 2 is 1.75 bits per heavy atom. The summed E-state index contributed by atoms with van der Waals surface area (Å²) in [5, 5.41) is 11.6. The molecule has 0 radical (unpaired) electrons. The van der Waals surface area contributed by atoms with Crippen LogP contribution in [0.25, 0.3) is 10.9 Å². The molecule has 44 heavy (non-hydrogen) atoms. The van der Waals surface area contributed by atoms with Crippen LogP contribution in [0.2, 0.25) is 0 Å². The number of hydrogen-bond acceptors (Lipinski definition) is 8. The lowest BCUT2D eigenvalue weighted by atomic mass is 9.78. The van der Waals surface area contributed by atoms with Gasteiger partial charge in [-0.25, -0.2) is 14.2 Å². The van der Waals surface area contributed by atoms with Crippen LogP contribution in [-0.4, -0.2) is 76.9 Å². The Hall–Kier alpha value is -3.35. The minimum atomic E-state index is -1.09. The SMILES string of the molecule is O=C(O)Nc1ccc(OCC2CC(N3CCC(COc4cc(F)c5c(=O)[nH]c(CSC6CCOCC6)nc5c4)CC3)C2)cc1. The Kier molecular flexibility index (Phi) is 9.88. The molecule has 12 heteroatoms. The average Bonchev–Trinajstić information content (AvgIpc) is 2.99. The van der Waals surface area contributed by atoms with Crippen LogP contribution in [0, 0.1) is 17.7 Å². The number of piperidine rings is 1. The van der Waals surface area contributed by atoms with E-state index in [0.717, 1.165) is 70.6 Å². The molecule has 2 saturated heterocycles. The van der Waals surface area contributed by atoms with Gasteiger partial charge in [-0.1, -0.05) is 0 Å². The number of fused-ring (bicyclic) bond motifs is 1. The monoisotopic (exact) mass is 626 g/mol. The predicted octanol–water partition coefficient (Wildman–Crippen LogP) is 5.51. The Labute approximate surface area is 259 Å². The third kappa shape index (κ3) is 7.83. The van der Waals surface area contributed by atoms with E-state index in [0.29, 0.717) is 64.9 Å². The fourth-order valence-electron chi connectivity index (χ4n) is 6.24. The zero-order valence-corrected chi connectivity index (χ0v) is 25.5. The molecule has 0 bridgehead atoms. The van der Waals surface area contributed by atoms with Gasteiger partial charge in [0.05, 0.1) is 24.5 Å². The van der Waals surface area contributed by atoms with Crippen molar-refractivity contribution in [1.29, 1.82) is 0 Å². The van der Waals surface area contributed by atoms with E-state index in [9.17, 15) is 14.0 Å². The molecular weight excluding hydrogens is 587 g/mol. The van der Waals surface area contributed by atoms with Crippen molar-refractivity contribution in [3.63, 3.8) is 0 Å². The van der Waals surface area contributed by atoms with Crippen molar-refractivity contribution in [2.24, 2.45) is 11.8 Å². The highest BCUT2D eigenvalue weighted by Gasteiger charge is 2.35. The molecule has 1 amide bonds. The van der Waals surface area contributed by atoms with Gasteiger partial charge in [0.15, 0.2) is 0 Å². The van der Waals surface area contributed by atoms with E-state index in [1.807, 2.05) is 0 Å². The number of benzene rings is 2. The van der Waals surface area contributed by atoms with Crippen LogP contribution >= 0.6 is 11.8 Å². The van der Waals surface area contributed by atoms with Crippen LogP contribution in [0.1, 0.15) is 44.3 Å². The lowest BCUT2D eigenvalue weighted by Gasteiger charge is -2.45. The molecule has 3 aliphatic rings. The summed E-state index contributed by atoms with van der Waals surface area (Å²) in [7, 11) is 0. The molecule has 0 unspecified atom stereocenters. The molecule has 1 aliphatic carbocycles. The zero-order chi connectivity index (χ0) is 30.5. The van der Waals surface area contributed by atoms with Crippen LogP contribution in [-0.2, 0) is 10.5 Å². The van der Waals surface area contributed by atoms with Crippen molar-refractivity contribution in [3.05, 3.63) is 58.4 Å². The molecule has 236 valence electrons. The lowest BCUT2D eigenvalue weighted by molar-refractivity contribution is 0.0239. The molecule has 2 aromatic carbocycles. The van der Waals surface area contributed by atoms with Crippen LogP contribution in [0.4, 0.5) is 14.9 Å². The molecule has 1 aromatic heterocycles. The van der Waals surface area contributed by atoms with Crippen LogP contribution in [0.3, 0.4) is 0 Å². The number of amides is 1. The van der Waals surface area contributed by atoms with Gasteiger partial charge in [0.25, 0.3) is 5.56 Å². The Morgan fingerprint density at radius 1 is 1.05 bits per heavy atom. The highest BCUT2D eigenvalue weighted by atomic mass is 32.2. The van der Waals surface area contributed by atoms with E-state index in [4.69, 9.17) is 19.3 Å². The number of nitrogens with one attached hydrogen (secondary N) is 2. The summed E-state index contributed by atoms with van der Waals surface area (Å²) in [6.45, 7) is 4.72. The van der Waals surface area contributed by atoms with Gasteiger partial charge in [-0.15, -0.1) is 0 Å². The van der Waals surface area contributed by atoms with Gasteiger partial charge in [0.2, 0.25) is 0 Å². The molecular formula is C32H39FN4O6S. The number of nitrogens with zero attached hydrogens (tertiary/aromatic N) is 2. The number of anilines is 1. The second kappa shape index (κ2) is 14.2. The number of thioether (sulfide) groups is 1. The maximum atomic E-state index is 14.9. The first-order valence-corrected chi connectivity index (χ1v) is 16.5. The van der Waals surface area contributed by atoms with Gasteiger partial charge < -0.3 is 29.2 Å². The Balaban J connectivity index is 0.931. The molecule has 3 fully saturated rings. The second-order valence-corrected chi connectivity index (χ2v) is 13.3. The smallest absolute Gasteiger partial charge is 0.409 e. The van der Waals surface area contributed by atoms with Crippen molar-refractivity contribution in [2.75, 3.05) is 44.8 Å². The first kappa shape index (κ1) is 30.7. The predicted molar refractivity (Wildman–Crippen MR) is 167 cm³/mol. The maximum Gasteiger partial charge on any atom is 0.409 e. The number of ether oxygens (including phenoxy) is 3. The van der Waals surface area contributed by atoms with Crippen molar-refractivity contribution >= 4 is 34.4 Å². The molecule has 1 saturated carbocycles. The van der Waals surface area contributed by atoms with E-state index >= 15 is 0 Å². The summed E-state index contributed by atoms with van der Waals surface area (Å²) < 4.78 is 32.3. The average molecular weight is 627 g/mol. The van der Waals surface area contributed by atoms with Gasteiger partial charge in [-0.3, -0.25) is 10.1 Å². The summed E-state index contributed by atoms with van der Waals surface area (Å²) in [5.74, 6) is 2.57. The minimum Gasteiger partial charge on any atom is -0.493 e. The summed E-state index contributed by atoms with van der Waals surface area (Å²) in [6.07, 6.45) is 5.15. The van der Waals surface area contributed by atoms with Crippen LogP contribution in [0.15, 0.2) is 41.2 Å². The zero-order valence-electron chi connectivity index (χ0n) is 24.6. The maximum absolute atomic E-state index is 14.9. The third-order valence-corrected chi connectivity index (χ3v) is 10.2. The number of rotatable bonds is 11. The quantitative estimate of drug-likeness (QED) is 0.253. The Bertz CT molecular complexity index is 1480. The second-order valence-electron chi connectivity index (χ2n) is 12.0. The van der Waals surface area contributed by atoms with Gasteiger partial charge in [-0.2, -0.15) is 11.8 Å². The lowest BCUT2D eigenvalue weighted by Crippen LogP contribution is -2.49. The topological polar surface area (TPSA) is 126 Å². The number of halogens is 1. The highest BCUT2D eigenvalue weighted by molar-refractivity contribution is 7.99. The minimum absolute atomic E-state index is 0.0272. The number of likely N-dealkylation sites (tertiary alicyclic amines) is 1. The standard InChI is InChI=1S/C32H39FN4O6S/c33-27-15-25(16-28-30(27)31(38)36-29(35-28)19-44-26-7-11-41-12-8-26)43-17-20-5-9-37(10-6-20)23-13-21(14-23)18-42-24-3-1-22(2-4-24)34-32(39)40/h1-4,15-16,20-21,23,26,34H,5-14,17-19H2,(H,39,40)(H,35,36,38). The first-order chi connectivity index (χ1) is 21.4. The summed E-state index contributed by atoms with van der Waals surface area (Å²) >= 11 is 1.75. The summed E-state index contributed by atoms with van der Waals surface area (Å²) in [5.41, 5.74) is 0.394. The van der Waals surface area contributed by atoms with E-state index in [1.54, 1.807) is 42.1 Å². The first-order valence-electron chi connectivity index (χ1n) is 15.4. The van der Waals surface area contributed by atoms with Crippen LogP contribution < -0.4 is 20.3 Å². The number of carbonyl (C=O) groups is 1. The molecule has 2 aliphatic heterocycles. The molecule has 10 nitrogen and oxygen atoms in total. The highest BCUT2D eigenvalue weighted by Crippen LogP contribution is 2.35. The van der Waals surface area contributed by atoms with Crippen molar-refractivity contribution in [1.82, 2.24) is 14.9 Å². The molecule has 0 atom stereocenters. The third-order valence-electron chi connectivity index (χ3n) is 8.86. The van der Waals surface area contributed by atoms with Crippen molar-refractivity contribution < 1.29 is 28.5 Å². The van der Waals surface area contributed by atoms with E-state index in [1.165, 1.54) is 6.07 Å². The largest absolute Gasteiger partial charge is 0.493 e. The van der Waals surface area contributed by atoms with Gasteiger partial charge in [-0.05, 0) is 87.7 Å². The van der Waals surface area contributed by atoms with E-state index < -0.39 is 17.5 Å². The molecule has 0 spiro atoms. The van der Waals surface area contributed by atoms with Crippen molar-refractivity contribution in [2.45, 2.75) is 55.6 Å². The fourth-order valence-corrected chi connectivity index (χ4v) is 7.30. The fraction of sp³-hybridized carbons (Fsp3) is 0.531. The van der Waals surface area contributed by atoms with Gasteiger partial charge in [0.1, 0.15) is 28.5 Å². The molecule has 3 aromatic rings. The normalized spacial score (nSPS) is 21.6. The van der Waals surface area contributed by atoms with Gasteiger partial charge in [0, 0.05) is 42.3 Å². The Morgan fingerprint density at radius 3 is 2.48 bits per heavy atom. The molecule has 6 rings (SSSR count). The number of aromatic amines is 1. The van der Waals surface area contributed by atoms with E-state index in [-0.39, 0.29) is 5.39 Å². The van der Waals surface area contributed by atoms with E-state index in [2.05, 4.69) is 20.2 Å².